The van der Waals surface area contributed by atoms with Gasteiger partial charge in [-0.1, -0.05) is 30.3 Å². The summed E-state index contributed by atoms with van der Waals surface area (Å²) in [4.78, 5) is -0.127. The minimum Gasteiger partial charge on any atom is -0.406 e. The number of piperidine rings is 1. The fraction of sp³-hybridized carbons (Fsp3) is 0.333. The van der Waals surface area contributed by atoms with E-state index in [0.717, 1.165) is 42.8 Å². The molecule has 27 heavy (non-hydrogen) atoms. The highest BCUT2D eigenvalue weighted by Gasteiger charge is 2.38. The van der Waals surface area contributed by atoms with Crippen LogP contribution in [0, 0.1) is 0 Å². The van der Waals surface area contributed by atoms with Crippen LogP contribution in [0.4, 0.5) is 13.2 Å². The van der Waals surface area contributed by atoms with Crippen molar-refractivity contribution in [3.63, 3.8) is 0 Å². The summed E-state index contributed by atoms with van der Waals surface area (Å²) in [7, 11) is -3.95. The second-order valence-corrected chi connectivity index (χ2v) is 8.04. The number of alkyl halides is 3. The molecule has 5 nitrogen and oxygen atoms in total. The Morgan fingerprint density at radius 2 is 1.70 bits per heavy atom. The third-order valence-corrected chi connectivity index (χ3v) is 5.96. The van der Waals surface area contributed by atoms with Gasteiger partial charge in [-0.15, -0.1) is 13.2 Å². The quantitative estimate of drug-likeness (QED) is 0.809. The smallest absolute Gasteiger partial charge is 0.406 e. The fourth-order valence-electron chi connectivity index (χ4n) is 3.19. The number of ether oxygens (including phenoxy) is 1. The molecule has 1 aliphatic rings. The molecule has 1 atom stereocenters. The number of nitrogens with one attached hydrogen (secondary N) is 2. The van der Waals surface area contributed by atoms with Crippen LogP contribution in [-0.4, -0.2) is 27.9 Å². The summed E-state index contributed by atoms with van der Waals surface area (Å²) in [6.45, 7) is 1.21. The van der Waals surface area contributed by atoms with Crippen molar-refractivity contribution in [2.24, 2.45) is 0 Å². The van der Waals surface area contributed by atoms with E-state index in [1.165, 1.54) is 0 Å². The maximum Gasteiger partial charge on any atom is 0.573 e. The molecule has 0 unspecified atom stereocenters. The van der Waals surface area contributed by atoms with Crippen LogP contribution in [0.2, 0.25) is 0 Å². The topological polar surface area (TPSA) is 67.4 Å². The number of benzene rings is 2. The van der Waals surface area contributed by atoms with E-state index in [1.54, 1.807) is 0 Å². The average molecular weight is 400 g/mol. The Morgan fingerprint density at radius 1 is 1.04 bits per heavy atom. The first-order chi connectivity index (χ1) is 12.7. The highest BCUT2D eigenvalue weighted by atomic mass is 32.2. The molecular formula is C18H19F3N2O3S. The molecule has 1 fully saturated rings. The zero-order chi connectivity index (χ0) is 19.5. The molecule has 0 bridgehead atoms. The van der Waals surface area contributed by atoms with Crippen LogP contribution in [0.3, 0.4) is 0 Å². The van der Waals surface area contributed by atoms with E-state index < -0.39 is 27.7 Å². The maximum absolute atomic E-state index is 12.9. The number of sulfonamides is 1. The van der Waals surface area contributed by atoms with Crippen molar-refractivity contribution < 1.29 is 26.3 Å². The minimum absolute atomic E-state index is 0.127. The third-order valence-electron chi connectivity index (χ3n) is 4.41. The summed E-state index contributed by atoms with van der Waals surface area (Å²) in [6, 6.07) is 13.4. The fourth-order valence-corrected chi connectivity index (χ4v) is 4.61. The van der Waals surface area contributed by atoms with Gasteiger partial charge in [-0.25, -0.2) is 8.42 Å². The number of hydrogen-bond acceptors (Lipinski definition) is 4. The van der Waals surface area contributed by atoms with Gasteiger partial charge in [-0.05, 0) is 49.2 Å². The predicted octanol–water partition coefficient (Wildman–Crippen LogP) is 3.14. The summed E-state index contributed by atoms with van der Waals surface area (Å²) in [5.74, 6) is -0.474. The summed E-state index contributed by atoms with van der Waals surface area (Å²) in [6.07, 6.45) is -3.43. The molecule has 0 aliphatic carbocycles. The van der Waals surface area contributed by atoms with Gasteiger partial charge in [-0.3, -0.25) is 0 Å². The summed E-state index contributed by atoms with van der Waals surface area (Å²) < 4.78 is 69.1. The number of halogens is 3. The predicted molar refractivity (Wildman–Crippen MR) is 93.7 cm³/mol. The van der Waals surface area contributed by atoms with Gasteiger partial charge in [0.05, 0.1) is 10.4 Å². The van der Waals surface area contributed by atoms with Gasteiger partial charge < -0.3 is 10.1 Å². The molecule has 2 aromatic rings. The second kappa shape index (κ2) is 7.49. The second-order valence-electron chi connectivity index (χ2n) is 6.35. The van der Waals surface area contributed by atoms with Crippen LogP contribution >= 0.6 is 0 Å². The van der Waals surface area contributed by atoms with Crippen LogP contribution in [0.5, 0.6) is 5.75 Å². The zero-order valence-electron chi connectivity index (χ0n) is 14.3. The summed E-state index contributed by atoms with van der Waals surface area (Å²) in [5, 5.41) is 3.21. The Kier molecular flexibility index (Phi) is 5.45. The lowest BCUT2D eigenvalue weighted by Gasteiger charge is -2.38. The van der Waals surface area contributed by atoms with Gasteiger partial charge in [-0.2, -0.15) is 4.72 Å². The number of hydrogen-bond donors (Lipinski definition) is 2. The molecule has 0 aromatic heterocycles. The Bertz CT molecular complexity index is 863. The van der Waals surface area contributed by atoms with Crippen LogP contribution in [-0.2, 0) is 15.6 Å². The van der Waals surface area contributed by atoms with Gasteiger partial charge in [0.25, 0.3) is 0 Å². The molecule has 146 valence electrons. The normalized spacial score (nSPS) is 21.0. The summed E-state index contributed by atoms with van der Waals surface area (Å²) in [5.41, 5.74) is 0.0113. The highest BCUT2D eigenvalue weighted by Crippen LogP contribution is 2.31. The first kappa shape index (κ1) is 19.7. The van der Waals surface area contributed by atoms with Crippen LogP contribution < -0.4 is 14.8 Å². The van der Waals surface area contributed by atoms with E-state index in [4.69, 9.17) is 0 Å². The van der Waals surface area contributed by atoms with Crippen molar-refractivity contribution >= 4 is 10.0 Å². The van der Waals surface area contributed by atoms with Crippen molar-refractivity contribution in [2.75, 3.05) is 13.1 Å². The van der Waals surface area contributed by atoms with Crippen molar-refractivity contribution in [3.05, 3.63) is 60.2 Å². The molecule has 1 saturated heterocycles. The third kappa shape index (κ3) is 4.79. The monoisotopic (exact) mass is 400 g/mol. The molecule has 1 heterocycles. The molecule has 0 saturated carbocycles. The molecule has 2 aromatic carbocycles. The van der Waals surface area contributed by atoms with Gasteiger partial charge >= 0.3 is 6.36 Å². The minimum atomic E-state index is -4.83. The van der Waals surface area contributed by atoms with Crippen LogP contribution in [0.1, 0.15) is 18.4 Å². The van der Waals surface area contributed by atoms with Gasteiger partial charge in [0, 0.05) is 6.54 Å². The first-order valence-electron chi connectivity index (χ1n) is 8.36. The molecule has 1 aliphatic heterocycles. The zero-order valence-corrected chi connectivity index (χ0v) is 15.1. The van der Waals surface area contributed by atoms with Crippen molar-refractivity contribution in [3.8, 4) is 5.75 Å². The Morgan fingerprint density at radius 3 is 2.26 bits per heavy atom. The molecule has 0 amide bonds. The lowest BCUT2D eigenvalue weighted by molar-refractivity contribution is -0.274. The Labute approximate surface area is 155 Å². The lowest BCUT2D eigenvalue weighted by Crippen LogP contribution is -2.55. The SMILES string of the molecule is O=S(=O)(N[C@]1(c2ccccc2)CCCNC1)c1ccc(OC(F)(F)F)cc1. The van der Waals surface area contributed by atoms with Crippen LogP contribution in [0.15, 0.2) is 59.5 Å². The Balaban J connectivity index is 1.87. The van der Waals surface area contributed by atoms with Crippen molar-refractivity contribution in [1.29, 1.82) is 0 Å². The van der Waals surface area contributed by atoms with E-state index in [-0.39, 0.29) is 4.90 Å². The largest absolute Gasteiger partial charge is 0.573 e. The molecule has 2 N–H and O–H groups in total. The van der Waals surface area contributed by atoms with Crippen molar-refractivity contribution in [1.82, 2.24) is 10.0 Å². The maximum atomic E-state index is 12.9. The van der Waals surface area contributed by atoms with Gasteiger partial charge in [0.15, 0.2) is 0 Å². The average Bonchev–Trinajstić information content (AvgIpc) is 2.62. The van der Waals surface area contributed by atoms with E-state index in [2.05, 4.69) is 14.8 Å². The van der Waals surface area contributed by atoms with Gasteiger partial charge in [0.2, 0.25) is 10.0 Å². The molecule has 0 radical (unpaired) electrons. The van der Waals surface area contributed by atoms with Crippen molar-refractivity contribution in [2.45, 2.75) is 29.6 Å². The van der Waals surface area contributed by atoms with E-state index in [0.29, 0.717) is 13.0 Å². The van der Waals surface area contributed by atoms with Gasteiger partial charge in [0.1, 0.15) is 5.75 Å². The Hall–Kier alpha value is -2.10. The first-order valence-corrected chi connectivity index (χ1v) is 9.85. The number of rotatable bonds is 5. The van der Waals surface area contributed by atoms with E-state index in [1.807, 2.05) is 30.3 Å². The highest BCUT2D eigenvalue weighted by molar-refractivity contribution is 7.89. The molecular weight excluding hydrogens is 381 g/mol. The molecule has 9 heteroatoms. The molecule has 0 spiro atoms. The van der Waals surface area contributed by atoms with E-state index >= 15 is 0 Å². The molecule has 3 rings (SSSR count). The van der Waals surface area contributed by atoms with Crippen LogP contribution in [0.25, 0.3) is 0 Å². The summed E-state index contributed by atoms with van der Waals surface area (Å²) >= 11 is 0. The standard InChI is InChI=1S/C18H19F3N2O3S/c19-18(20,21)26-15-7-9-16(10-8-15)27(24,25)23-17(11-4-12-22-13-17)14-5-2-1-3-6-14/h1-3,5-10,22-23H,4,11-13H2/t17-/m1/s1. The van der Waals surface area contributed by atoms with E-state index in [9.17, 15) is 21.6 Å². The lowest BCUT2D eigenvalue weighted by atomic mass is 9.84.